The number of furan rings is 1. The van der Waals surface area contributed by atoms with Gasteiger partial charge in [0.05, 0.1) is 18.2 Å². The molecule has 0 saturated heterocycles. The fourth-order valence-electron chi connectivity index (χ4n) is 2.44. The molecule has 0 aliphatic heterocycles. The number of thioether (sulfide) groups is 1. The van der Waals surface area contributed by atoms with E-state index in [2.05, 4.69) is 25.1 Å². The molecule has 0 aliphatic carbocycles. The Kier molecular flexibility index (Phi) is 4.10. The second-order valence-electron chi connectivity index (χ2n) is 5.33. The van der Waals surface area contributed by atoms with Crippen LogP contribution in [0, 0.1) is 6.92 Å². The average Bonchev–Trinajstić information content (AvgIpc) is 3.32. The van der Waals surface area contributed by atoms with Crippen LogP contribution in [0.1, 0.15) is 12.2 Å². The number of aryl methyl sites for hydroxylation is 2. The van der Waals surface area contributed by atoms with Crippen molar-refractivity contribution < 1.29 is 8.83 Å². The summed E-state index contributed by atoms with van der Waals surface area (Å²) in [4.78, 5) is 12.4. The molecule has 4 rings (SSSR count). The maximum absolute atomic E-state index is 5.79. The second-order valence-corrected chi connectivity index (χ2v) is 6.38. The third kappa shape index (κ3) is 3.07. The van der Waals surface area contributed by atoms with Crippen LogP contribution in [0.4, 0.5) is 5.82 Å². The summed E-state index contributed by atoms with van der Waals surface area (Å²) in [7, 11) is 0. The number of aromatic nitrogens is 6. The molecule has 0 aromatic carbocycles. The highest BCUT2D eigenvalue weighted by atomic mass is 32.2. The Labute approximate surface area is 146 Å². The first-order valence-corrected chi connectivity index (χ1v) is 8.63. The molecule has 0 saturated carbocycles. The number of imidazole rings is 1. The summed E-state index contributed by atoms with van der Waals surface area (Å²) in [5.41, 5.74) is 7.98. The SMILES string of the molecule is Cc1occc1-c1nnc(SCCCn2cnc3c(N)ncnc32)o1. The van der Waals surface area contributed by atoms with E-state index in [9.17, 15) is 0 Å². The monoisotopic (exact) mass is 357 g/mol. The summed E-state index contributed by atoms with van der Waals surface area (Å²) < 4.78 is 12.9. The highest BCUT2D eigenvalue weighted by Gasteiger charge is 2.13. The Morgan fingerprint density at radius 3 is 3.00 bits per heavy atom. The van der Waals surface area contributed by atoms with Crippen molar-refractivity contribution in [2.45, 2.75) is 25.1 Å². The quantitative estimate of drug-likeness (QED) is 0.409. The van der Waals surface area contributed by atoms with Crippen molar-refractivity contribution in [3.05, 3.63) is 30.7 Å². The van der Waals surface area contributed by atoms with Crippen LogP contribution in [0.15, 0.2) is 39.0 Å². The summed E-state index contributed by atoms with van der Waals surface area (Å²) in [5.74, 6) is 2.45. The van der Waals surface area contributed by atoms with E-state index >= 15 is 0 Å². The van der Waals surface area contributed by atoms with Gasteiger partial charge in [-0.1, -0.05) is 11.8 Å². The van der Waals surface area contributed by atoms with Crippen LogP contribution in [-0.4, -0.2) is 35.5 Å². The zero-order chi connectivity index (χ0) is 17.2. The van der Waals surface area contributed by atoms with Crippen LogP contribution in [-0.2, 0) is 6.54 Å². The molecule has 0 amide bonds. The van der Waals surface area contributed by atoms with Gasteiger partial charge in [0.2, 0.25) is 0 Å². The van der Waals surface area contributed by atoms with E-state index < -0.39 is 0 Å². The molecule has 128 valence electrons. The highest BCUT2D eigenvalue weighted by Crippen LogP contribution is 2.26. The molecule has 0 bridgehead atoms. The lowest BCUT2D eigenvalue weighted by Crippen LogP contribution is -2.00. The van der Waals surface area contributed by atoms with Crippen LogP contribution in [0.5, 0.6) is 0 Å². The van der Waals surface area contributed by atoms with Crippen LogP contribution in [0.25, 0.3) is 22.6 Å². The van der Waals surface area contributed by atoms with E-state index in [1.54, 1.807) is 12.6 Å². The van der Waals surface area contributed by atoms with Gasteiger partial charge in [-0.15, -0.1) is 10.2 Å². The number of hydrogen-bond donors (Lipinski definition) is 1. The molecule has 9 nitrogen and oxygen atoms in total. The summed E-state index contributed by atoms with van der Waals surface area (Å²) in [6.07, 6.45) is 5.67. The molecular formula is C15H15N7O2S. The molecule has 25 heavy (non-hydrogen) atoms. The van der Waals surface area contributed by atoms with E-state index in [1.165, 1.54) is 18.1 Å². The van der Waals surface area contributed by atoms with Gasteiger partial charge in [-0.3, -0.25) is 0 Å². The second kappa shape index (κ2) is 6.55. The lowest BCUT2D eigenvalue weighted by atomic mass is 10.3. The average molecular weight is 357 g/mol. The van der Waals surface area contributed by atoms with Gasteiger partial charge >= 0.3 is 0 Å². The minimum atomic E-state index is 0.394. The van der Waals surface area contributed by atoms with Crippen molar-refractivity contribution in [2.75, 3.05) is 11.5 Å². The number of rotatable bonds is 6. The summed E-state index contributed by atoms with van der Waals surface area (Å²) in [6, 6.07) is 1.81. The molecule has 0 unspecified atom stereocenters. The van der Waals surface area contributed by atoms with Gasteiger partial charge in [0.15, 0.2) is 11.5 Å². The Morgan fingerprint density at radius 1 is 1.24 bits per heavy atom. The maximum atomic E-state index is 5.79. The molecule has 0 radical (unpaired) electrons. The van der Waals surface area contributed by atoms with Crippen molar-refractivity contribution in [1.82, 2.24) is 29.7 Å². The predicted molar refractivity (Wildman–Crippen MR) is 91.8 cm³/mol. The molecule has 0 aliphatic rings. The van der Waals surface area contributed by atoms with E-state index in [0.29, 0.717) is 22.4 Å². The summed E-state index contributed by atoms with van der Waals surface area (Å²) >= 11 is 1.51. The summed E-state index contributed by atoms with van der Waals surface area (Å²) in [6.45, 7) is 2.62. The van der Waals surface area contributed by atoms with Gasteiger partial charge in [-0.2, -0.15) is 0 Å². The third-order valence-corrected chi connectivity index (χ3v) is 4.60. The van der Waals surface area contributed by atoms with Crippen molar-refractivity contribution >= 4 is 28.7 Å². The first-order chi connectivity index (χ1) is 12.2. The molecule has 4 heterocycles. The zero-order valence-corrected chi connectivity index (χ0v) is 14.2. The number of fused-ring (bicyclic) bond motifs is 1. The molecule has 0 spiro atoms. The van der Waals surface area contributed by atoms with Gasteiger partial charge in [-0.25, -0.2) is 15.0 Å². The van der Waals surface area contributed by atoms with Crippen LogP contribution >= 0.6 is 11.8 Å². The topological polar surface area (TPSA) is 122 Å². The summed E-state index contributed by atoms with van der Waals surface area (Å²) in [5, 5.41) is 8.65. The zero-order valence-electron chi connectivity index (χ0n) is 13.4. The maximum Gasteiger partial charge on any atom is 0.276 e. The molecule has 2 N–H and O–H groups in total. The van der Waals surface area contributed by atoms with Crippen LogP contribution in [0.2, 0.25) is 0 Å². The number of nitrogens with zero attached hydrogens (tertiary/aromatic N) is 6. The van der Waals surface area contributed by atoms with E-state index in [4.69, 9.17) is 14.6 Å². The van der Waals surface area contributed by atoms with Crippen molar-refractivity contribution in [1.29, 1.82) is 0 Å². The number of nitrogens with two attached hydrogens (primary N) is 1. The van der Waals surface area contributed by atoms with Gasteiger partial charge < -0.3 is 19.1 Å². The van der Waals surface area contributed by atoms with Crippen molar-refractivity contribution in [2.24, 2.45) is 0 Å². The first-order valence-electron chi connectivity index (χ1n) is 7.64. The molecule has 4 aromatic rings. The molecule has 0 fully saturated rings. The number of hydrogen-bond acceptors (Lipinski definition) is 9. The minimum Gasteiger partial charge on any atom is -0.469 e. The Balaban J connectivity index is 1.35. The number of nitrogen functional groups attached to an aromatic ring is 1. The van der Waals surface area contributed by atoms with Gasteiger partial charge in [0, 0.05) is 12.3 Å². The van der Waals surface area contributed by atoms with E-state index in [-0.39, 0.29) is 0 Å². The normalized spacial score (nSPS) is 11.4. The van der Waals surface area contributed by atoms with Crippen molar-refractivity contribution in [3.63, 3.8) is 0 Å². The van der Waals surface area contributed by atoms with Gasteiger partial charge in [0.25, 0.3) is 11.1 Å². The van der Waals surface area contributed by atoms with Crippen LogP contribution in [0.3, 0.4) is 0 Å². The third-order valence-electron chi connectivity index (χ3n) is 3.69. The Morgan fingerprint density at radius 2 is 2.16 bits per heavy atom. The van der Waals surface area contributed by atoms with Gasteiger partial charge in [-0.05, 0) is 19.4 Å². The molecule has 0 atom stereocenters. The Hall–Kier alpha value is -2.88. The lowest BCUT2D eigenvalue weighted by molar-refractivity contribution is 0.463. The highest BCUT2D eigenvalue weighted by molar-refractivity contribution is 7.99. The van der Waals surface area contributed by atoms with Crippen LogP contribution < -0.4 is 5.73 Å². The number of anilines is 1. The predicted octanol–water partition coefficient (Wildman–Crippen LogP) is 2.54. The van der Waals surface area contributed by atoms with Crippen molar-refractivity contribution in [3.8, 4) is 11.5 Å². The lowest BCUT2D eigenvalue weighted by Gasteiger charge is -2.02. The van der Waals surface area contributed by atoms with E-state index in [0.717, 1.165) is 35.7 Å². The molecule has 4 aromatic heterocycles. The molecular weight excluding hydrogens is 342 g/mol. The van der Waals surface area contributed by atoms with E-state index in [1.807, 2.05) is 17.6 Å². The fourth-order valence-corrected chi connectivity index (χ4v) is 3.13. The minimum absolute atomic E-state index is 0.394. The Bertz CT molecular complexity index is 1010. The smallest absolute Gasteiger partial charge is 0.276 e. The fraction of sp³-hybridized carbons (Fsp3) is 0.267. The standard InChI is InChI=1S/C15H15N7O2S/c1-9-10(3-5-23-9)14-20-21-15(24-14)25-6-2-4-22-8-19-11-12(16)17-7-18-13(11)22/h3,5,7-8H,2,4,6H2,1H3,(H2,16,17,18). The van der Waals surface area contributed by atoms with Gasteiger partial charge in [0.1, 0.15) is 17.6 Å². The molecule has 10 heteroatoms. The first kappa shape index (κ1) is 15.6. The largest absolute Gasteiger partial charge is 0.469 e.